The van der Waals surface area contributed by atoms with Crippen LogP contribution in [0.5, 0.6) is 11.5 Å². The van der Waals surface area contributed by atoms with Gasteiger partial charge in [-0.3, -0.25) is 9.59 Å². The molecule has 1 aliphatic heterocycles. The number of anilines is 1. The van der Waals surface area contributed by atoms with Gasteiger partial charge in [0.05, 0.1) is 0 Å². The Labute approximate surface area is 132 Å². The van der Waals surface area contributed by atoms with E-state index in [9.17, 15) is 9.59 Å². The second kappa shape index (κ2) is 6.23. The van der Waals surface area contributed by atoms with E-state index in [4.69, 9.17) is 15.2 Å². The molecule has 0 spiro atoms. The number of nitrogens with two attached hydrogens (primary N) is 1. The van der Waals surface area contributed by atoms with E-state index in [-0.39, 0.29) is 12.7 Å². The van der Waals surface area contributed by atoms with Gasteiger partial charge < -0.3 is 20.5 Å². The highest BCUT2D eigenvalue weighted by atomic mass is 16.7. The number of ether oxygens (including phenoxy) is 2. The molecule has 2 amide bonds. The van der Waals surface area contributed by atoms with Crippen molar-refractivity contribution in [3.8, 4) is 11.5 Å². The zero-order valence-corrected chi connectivity index (χ0v) is 12.1. The van der Waals surface area contributed by atoms with Crippen LogP contribution >= 0.6 is 0 Å². The Kier molecular flexibility index (Phi) is 3.97. The van der Waals surface area contributed by atoms with Crippen LogP contribution < -0.4 is 20.5 Å². The lowest BCUT2D eigenvalue weighted by atomic mass is 10.2. The summed E-state index contributed by atoms with van der Waals surface area (Å²) in [6.45, 7) is 0.208. The summed E-state index contributed by atoms with van der Waals surface area (Å²) < 4.78 is 10.5. The standard InChI is InChI=1S/C17H14N2O4/c18-17(21)12-2-1-3-13(9-12)19-16(20)7-5-11-4-6-14-15(8-11)23-10-22-14/h1-9H,10H2,(H2,18,21)(H,19,20)/b7-5+. The number of benzene rings is 2. The van der Waals surface area contributed by atoms with Gasteiger partial charge in [0.1, 0.15) is 0 Å². The quantitative estimate of drug-likeness (QED) is 0.847. The first-order chi connectivity index (χ1) is 11.1. The summed E-state index contributed by atoms with van der Waals surface area (Å²) in [5, 5.41) is 2.67. The van der Waals surface area contributed by atoms with E-state index in [0.29, 0.717) is 22.7 Å². The Bertz CT molecular complexity index is 799. The normalized spacial score (nSPS) is 12.3. The van der Waals surface area contributed by atoms with Gasteiger partial charge in [0.25, 0.3) is 0 Å². The third-order valence-electron chi connectivity index (χ3n) is 3.24. The van der Waals surface area contributed by atoms with Crippen molar-refractivity contribution in [2.45, 2.75) is 0 Å². The lowest BCUT2D eigenvalue weighted by Crippen LogP contribution is -2.12. The molecule has 3 rings (SSSR count). The molecule has 6 heteroatoms. The van der Waals surface area contributed by atoms with Crippen LogP contribution in [0.3, 0.4) is 0 Å². The van der Waals surface area contributed by atoms with Gasteiger partial charge in [0, 0.05) is 17.3 Å². The van der Waals surface area contributed by atoms with Gasteiger partial charge in [-0.05, 0) is 42.0 Å². The molecular weight excluding hydrogens is 296 g/mol. The van der Waals surface area contributed by atoms with Gasteiger partial charge >= 0.3 is 0 Å². The van der Waals surface area contributed by atoms with Crippen LogP contribution in [0.15, 0.2) is 48.5 Å². The number of primary amides is 1. The molecule has 23 heavy (non-hydrogen) atoms. The van der Waals surface area contributed by atoms with Gasteiger partial charge in [0.2, 0.25) is 18.6 Å². The van der Waals surface area contributed by atoms with Crippen molar-refractivity contribution in [2.24, 2.45) is 5.73 Å². The summed E-state index contributed by atoms with van der Waals surface area (Å²) in [5.74, 6) is 0.484. The molecule has 0 aliphatic carbocycles. The van der Waals surface area contributed by atoms with E-state index in [2.05, 4.69) is 5.32 Å². The molecule has 1 heterocycles. The first-order valence-corrected chi connectivity index (χ1v) is 6.90. The Morgan fingerprint density at radius 1 is 1.09 bits per heavy atom. The van der Waals surface area contributed by atoms with Gasteiger partial charge in [-0.25, -0.2) is 0 Å². The molecule has 0 aromatic heterocycles. The molecule has 0 saturated heterocycles. The third kappa shape index (κ3) is 3.49. The largest absolute Gasteiger partial charge is 0.454 e. The van der Waals surface area contributed by atoms with Crippen LogP contribution in [0, 0.1) is 0 Å². The van der Waals surface area contributed by atoms with E-state index >= 15 is 0 Å². The minimum atomic E-state index is -0.544. The van der Waals surface area contributed by atoms with E-state index in [1.54, 1.807) is 36.4 Å². The van der Waals surface area contributed by atoms with Crippen molar-refractivity contribution < 1.29 is 19.1 Å². The van der Waals surface area contributed by atoms with Crippen LogP contribution in [0.25, 0.3) is 6.08 Å². The Morgan fingerprint density at radius 2 is 1.91 bits per heavy atom. The number of rotatable bonds is 4. The van der Waals surface area contributed by atoms with Gasteiger partial charge in [-0.2, -0.15) is 0 Å². The molecule has 0 radical (unpaired) electrons. The van der Waals surface area contributed by atoms with E-state index in [1.165, 1.54) is 12.1 Å². The van der Waals surface area contributed by atoms with Gasteiger partial charge in [-0.1, -0.05) is 12.1 Å². The average molecular weight is 310 g/mol. The van der Waals surface area contributed by atoms with Crippen molar-refractivity contribution in [1.82, 2.24) is 0 Å². The summed E-state index contributed by atoms with van der Waals surface area (Å²) in [6.07, 6.45) is 3.06. The SMILES string of the molecule is NC(=O)c1cccc(NC(=O)/C=C/c2ccc3c(c2)OCO3)c1. The maximum atomic E-state index is 11.9. The van der Waals surface area contributed by atoms with Crippen LogP contribution in [0.2, 0.25) is 0 Å². The topological polar surface area (TPSA) is 90.7 Å². The second-order valence-electron chi connectivity index (χ2n) is 4.88. The molecule has 116 valence electrons. The minimum Gasteiger partial charge on any atom is -0.454 e. The zero-order valence-electron chi connectivity index (χ0n) is 12.1. The lowest BCUT2D eigenvalue weighted by molar-refractivity contribution is -0.111. The predicted octanol–water partition coefficient (Wildman–Crippen LogP) is 2.17. The fourth-order valence-corrected chi connectivity index (χ4v) is 2.12. The maximum Gasteiger partial charge on any atom is 0.248 e. The van der Waals surface area contributed by atoms with E-state index < -0.39 is 5.91 Å². The molecule has 0 bridgehead atoms. The minimum absolute atomic E-state index is 0.208. The summed E-state index contributed by atoms with van der Waals surface area (Å²) in [6, 6.07) is 11.8. The van der Waals surface area contributed by atoms with Crippen molar-refractivity contribution in [2.75, 3.05) is 12.1 Å². The van der Waals surface area contributed by atoms with Crippen molar-refractivity contribution in [3.63, 3.8) is 0 Å². The molecule has 2 aromatic carbocycles. The Hall–Kier alpha value is -3.28. The number of amides is 2. The van der Waals surface area contributed by atoms with Crippen LogP contribution in [0.4, 0.5) is 5.69 Å². The van der Waals surface area contributed by atoms with Crippen LogP contribution in [0.1, 0.15) is 15.9 Å². The summed E-state index contributed by atoms with van der Waals surface area (Å²) >= 11 is 0. The molecule has 0 saturated carbocycles. The van der Waals surface area contributed by atoms with Crippen molar-refractivity contribution >= 4 is 23.6 Å². The molecule has 0 fully saturated rings. The van der Waals surface area contributed by atoms with Gasteiger partial charge in [-0.15, -0.1) is 0 Å². The van der Waals surface area contributed by atoms with E-state index in [0.717, 1.165) is 5.56 Å². The molecule has 1 aliphatic rings. The highest BCUT2D eigenvalue weighted by Crippen LogP contribution is 2.32. The molecule has 0 unspecified atom stereocenters. The summed E-state index contributed by atoms with van der Waals surface area (Å²) in [4.78, 5) is 23.0. The Balaban J connectivity index is 1.67. The molecule has 6 nitrogen and oxygen atoms in total. The number of carbonyl (C=O) groups excluding carboxylic acids is 2. The smallest absolute Gasteiger partial charge is 0.248 e. The summed E-state index contributed by atoms with van der Waals surface area (Å²) in [7, 11) is 0. The molecule has 2 aromatic rings. The zero-order chi connectivity index (χ0) is 16.2. The first-order valence-electron chi connectivity index (χ1n) is 6.90. The third-order valence-corrected chi connectivity index (χ3v) is 3.24. The Morgan fingerprint density at radius 3 is 2.74 bits per heavy atom. The van der Waals surface area contributed by atoms with Crippen molar-refractivity contribution in [3.05, 3.63) is 59.7 Å². The molecule has 0 atom stereocenters. The summed E-state index contributed by atoms with van der Waals surface area (Å²) in [5.41, 5.74) is 6.86. The maximum absolute atomic E-state index is 11.9. The number of carbonyl (C=O) groups is 2. The number of nitrogens with one attached hydrogen (secondary N) is 1. The van der Waals surface area contributed by atoms with E-state index in [1.807, 2.05) is 6.07 Å². The number of fused-ring (bicyclic) bond motifs is 1. The molecule has 3 N–H and O–H groups in total. The highest BCUT2D eigenvalue weighted by molar-refractivity contribution is 6.03. The van der Waals surface area contributed by atoms with Crippen molar-refractivity contribution in [1.29, 1.82) is 0 Å². The highest BCUT2D eigenvalue weighted by Gasteiger charge is 2.12. The fourth-order valence-electron chi connectivity index (χ4n) is 2.12. The number of hydrogen-bond donors (Lipinski definition) is 2. The van der Waals surface area contributed by atoms with Crippen LogP contribution in [-0.4, -0.2) is 18.6 Å². The lowest BCUT2D eigenvalue weighted by Gasteiger charge is -2.03. The predicted molar refractivity (Wildman–Crippen MR) is 85.2 cm³/mol. The second-order valence-corrected chi connectivity index (χ2v) is 4.88. The average Bonchev–Trinajstić information content (AvgIpc) is 3.01. The fraction of sp³-hybridized carbons (Fsp3) is 0.0588. The first kappa shape index (κ1) is 14.6. The monoisotopic (exact) mass is 310 g/mol. The molecular formula is C17H14N2O4. The number of hydrogen-bond acceptors (Lipinski definition) is 4. The van der Waals surface area contributed by atoms with Crippen LogP contribution in [-0.2, 0) is 4.79 Å². The van der Waals surface area contributed by atoms with Gasteiger partial charge in [0.15, 0.2) is 11.5 Å².